The number of aliphatic hydroxyl groups is 1. The predicted molar refractivity (Wildman–Crippen MR) is 311 cm³/mol. The fourth-order valence-corrected chi connectivity index (χ4v) is 9.90. The summed E-state index contributed by atoms with van der Waals surface area (Å²) in [6.07, 6.45) is 2.42. The summed E-state index contributed by atoms with van der Waals surface area (Å²) in [7, 11) is 0. The number of carboxylic acid groups (broad SMARTS) is 1. The number of rotatable bonds is 12. The number of oxazole rings is 2. The number of pyridine rings is 1. The van der Waals surface area contributed by atoms with Gasteiger partial charge in [-0.25, -0.2) is 34.7 Å². The molecule has 0 saturated carbocycles. The van der Waals surface area contributed by atoms with Crippen LogP contribution in [0.3, 0.4) is 0 Å². The van der Waals surface area contributed by atoms with Crippen LogP contribution in [0.1, 0.15) is 100 Å². The number of carboxylic acids is 1. The highest BCUT2D eigenvalue weighted by atomic mass is 32.2. The normalized spacial score (nSPS) is 16.4. The number of aromatic nitrogens is 6. The summed E-state index contributed by atoms with van der Waals surface area (Å²) in [6, 6.07) is -0.807. The quantitative estimate of drug-likeness (QED) is 0.0771. The van der Waals surface area contributed by atoms with Crippen molar-refractivity contribution >= 4 is 117 Å². The van der Waals surface area contributed by atoms with Gasteiger partial charge in [0.1, 0.15) is 67.5 Å². The third-order valence-electron chi connectivity index (χ3n) is 11.4. The molecule has 7 rings (SSSR count). The van der Waals surface area contributed by atoms with Crippen molar-refractivity contribution in [2.24, 2.45) is 0 Å². The van der Waals surface area contributed by atoms with E-state index in [4.69, 9.17) is 13.9 Å². The summed E-state index contributed by atoms with van der Waals surface area (Å²) in [5.74, 6) is -11.5. The van der Waals surface area contributed by atoms with Crippen molar-refractivity contribution in [2.75, 3.05) is 12.0 Å². The van der Waals surface area contributed by atoms with Crippen LogP contribution in [-0.2, 0) is 35.3 Å². The first kappa shape index (κ1) is 64.0. The molecular weight excluding hydrogens is 1220 g/mol. The van der Waals surface area contributed by atoms with Gasteiger partial charge in [-0.15, -0.1) is 34.0 Å². The smallest absolute Gasteiger partial charge is 0.351 e. The van der Waals surface area contributed by atoms with E-state index in [9.17, 15) is 57.8 Å². The number of thiazole rings is 3. The highest BCUT2D eigenvalue weighted by Gasteiger charge is 2.32. The molecule has 7 heterocycles. The van der Waals surface area contributed by atoms with Gasteiger partial charge in [-0.2, -0.15) is 11.8 Å². The van der Waals surface area contributed by atoms with Gasteiger partial charge in [0.05, 0.1) is 53.4 Å². The zero-order chi connectivity index (χ0) is 63.6. The van der Waals surface area contributed by atoms with Gasteiger partial charge in [0.2, 0.25) is 17.7 Å². The Morgan fingerprint density at radius 1 is 0.724 bits per heavy atom. The molecule has 12 N–H and O–H groups in total. The molecule has 450 valence electrons. The van der Waals surface area contributed by atoms with Crippen molar-refractivity contribution in [2.45, 2.75) is 44.6 Å². The van der Waals surface area contributed by atoms with Crippen LogP contribution in [0.4, 0.5) is 0 Å². The zero-order valence-corrected chi connectivity index (χ0v) is 48.8. The predicted octanol–water partition coefficient (Wildman–Crippen LogP) is 1.44. The lowest BCUT2D eigenvalue weighted by molar-refractivity contribution is -0.134. The largest absolute Gasteiger partial charge is 0.477 e. The minimum absolute atomic E-state index is 0.0253. The number of aliphatic carboxylic acids is 1. The summed E-state index contributed by atoms with van der Waals surface area (Å²) in [6.45, 7) is 23.6. The van der Waals surface area contributed by atoms with E-state index in [2.05, 4.69) is 112 Å². The summed E-state index contributed by atoms with van der Waals surface area (Å²) >= 11 is 4.29. The molecule has 4 unspecified atom stereocenters. The van der Waals surface area contributed by atoms with E-state index in [0.29, 0.717) is 10.0 Å². The molecule has 0 fully saturated rings. The summed E-state index contributed by atoms with van der Waals surface area (Å²) < 4.78 is 11.6. The molecule has 0 aromatic carbocycles. The Bertz CT molecular complexity index is 3910. The van der Waals surface area contributed by atoms with Crippen LogP contribution in [0.5, 0.6) is 0 Å². The monoisotopic (exact) mass is 1260 g/mol. The Hall–Kier alpha value is -10.6. The van der Waals surface area contributed by atoms with Gasteiger partial charge in [-0.3, -0.25) is 47.9 Å². The van der Waals surface area contributed by atoms with Gasteiger partial charge in [0.15, 0.2) is 11.5 Å². The molecular formula is C52H48N16O15S4. The number of carbonyl (C=O) groups is 11. The Kier molecular flexibility index (Phi) is 20.5. The van der Waals surface area contributed by atoms with E-state index in [1.54, 1.807) is 13.2 Å². The number of nitrogens with zero attached hydrogens (tertiary/aromatic N) is 6. The van der Waals surface area contributed by atoms with Crippen LogP contribution >= 0.6 is 45.8 Å². The lowest BCUT2D eigenvalue weighted by Crippen LogP contribution is -2.53. The minimum Gasteiger partial charge on any atom is -0.477 e. The molecule has 1 aliphatic heterocycles. The first-order valence-corrected chi connectivity index (χ1v) is 28.7. The number of fused-ring (bicyclic) bond motifs is 13. The highest BCUT2D eigenvalue weighted by molar-refractivity contribution is 7.98. The molecule has 35 heteroatoms. The molecule has 31 nitrogen and oxygen atoms in total. The topological polar surface area (TPSA) is 452 Å². The van der Waals surface area contributed by atoms with Crippen LogP contribution < -0.4 is 53.2 Å². The van der Waals surface area contributed by atoms with Gasteiger partial charge in [0, 0.05) is 27.5 Å². The second kappa shape index (κ2) is 27.8. The van der Waals surface area contributed by atoms with Crippen molar-refractivity contribution in [1.82, 2.24) is 83.1 Å². The third kappa shape index (κ3) is 16.0. The first-order valence-electron chi connectivity index (χ1n) is 24.6. The number of hydrogen-bond donors (Lipinski definition) is 12. The standard InChI is InChI=1S/C52H48N16O15S4/c1-19(38(70)56-20(2)41(73)61-25(7)52(80)81)55-39(71)21(3)57-43(75)28-11-10-27-37(63-28)34-12-54-48(83-34)23(5)59-40(72)22(4)58-45(77)31-17-86-50(66-31)24(6)60-44(76)30-16-85-35(62-30)13-53-42(74)29-14-82-49(65-29)33(15-84-9)64-47(79)36(26(8)69)68-46(78)32-18-87-51(27)67-32/h10-12,14,16-18,24,26,33,36,69H,1-5,7,13,15H2,6,8-9H3,(H,53,74)(H,55,71)(H,56,70)(H,57,75)(H,58,77)(H,59,72)(H,60,76)(H,61,73)(H,64,79)(H,68,78)(H,80,81). The number of carbonyl (C=O) groups excluding carboxylic acids is 10. The summed E-state index contributed by atoms with van der Waals surface area (Å²) in [5.41, 5.74) is -4.50. The second-order valence-electron chi connectivity index (χ2n) is 17.9. The Morgan fingerprint density at radius 2 is 1.33 bits per heavy atom. The number of hydrogen-bond acceptors (Lipinski definition) is 24. The summed E-state index contributed by atoms with van der Waals surface area (Å²) in [4.78, 5) is 169. The van der Waals surface area contributed by atoms with Gasteiger partial charge in [-0.1, -0.05) is 39.5 Å². The molecule has 0 radical (unpaired) electrons. The average molecular weight is 1270 g/mol. The molecule has 10 bridgehead atoms. The van der Waals surface area contributed by atoms with Crippen LogP contribution in [0, 0.1) is 0 Å². The Labute approximate surface area is 506 Å². The number of nitrogens with one attached hydrogen (secondary N) is 10. The number of thioether (sulfide) groups is 1. The molecule has 6 aromatic rings. The van der Waals surface area contributed by atoms with Gasteiger partial charge in [0.25, 0.3) is 53.2 Å². The Balaban J connectivity index is 1.16. The van der Waals surface area contributed by atoms with E-state index in [1.807, 2.05) is 10.6 Å². The maximum Gasteiger partial charge on any atom is 0.351 e. The van der Waals surface area contributed by atoms with Gasteiger partial charge in [-0.05, 0) is 32.2 Å². The fourth-order valence-electron chi connectivity index (χ4n) is 7.00. The second-order valence-corrected chi connectivity index (χ2v) is 21.5. The molecule has 1 aliphatic rings. The summed E-state index contributed by atoms with van der Waals surface area (Å²) in [5, 5.41) is 48.1. The lowest BCUT2D eigenvalue weighted by Gasteiger charge is -2.23. The van der Waals surface area contributed by atoms with Gasteiger partial charge >= 0.3 is 5.97 Å². The fraction of sp³-hybridized carbons (Fsp3) is 0.173. The van der Waals surface area contributed by atoms with E-state index in [0.717, 1.165) is 46.5 Å². The zero-order valence-electron chi connectivity index (χ0n) is 45.5. The molecule has 0 aliphatic carbocycles. The SMILES string of the molecule is C=C(NC(=O)C(=C)NC(=O)C(=C)NC(=O)C(=C)NC(=O)c1ccc2c(n1)-c1cnc(o1)C(=C)NC(=O)C(=C)NC(=O)c1csc(n1)C(C)NC(=O)c1csc(n1)CNC(=O)c1coc(n1)C(CSC)NC(=O)C(C(C)O)NC(=O)c1csc-2n1)C(=O)O. The van der Waals surface area contributed by atoms with Crippen LogP contribution in [0.25, 0.3) is 27.7 Å². The van der Waals surface area contributed by atoms with E-state index in [-0.39, 0.29) is 74.6 Å². The van der Waals surface area contributed by atoms with Crippen LogP contribution in [0.15, 0.2) is 118 Å². The molecule has 0 spiro atoms. The first-order chi connectivity index (χ1) is 41.2. The minimum atomic E-state index is -1.60. The Morgan fingerprint density at radius 3 is 2.00 bits per heavy atom. The van der Waals surface area contributed by atoms with Gasteiger partial charge < -0.3 is 72.2 Å². The number of aliphatic hydroxyl groups excluding tert-OH is 1. The van der Waals surface area contributed by atoms with Crippen LogP contribution in [0.2, 0.25) is 0 Å². The maximum atomic E-state index is 13.9. The van der Waals surface area contributed by atoms with Crippen molar-refractivity contribution in [1.29, 1.82) is 0 Å². The third-order valence-corrected chi connectivity index (χ3v) is 14.9. The van der Waals surface area contributed by atoms with E-state index in [1.165, 1.54) is 47.0 Å². The van der Waals surface area contributed by atoms with E-state index < -0.39 is 123 Å². The van der Waals surface area contributed by atoms with Crippen LogP contribution in [-0.4, -0.2) is 129 Å². The highest BCUT2D eigenvalue weighted by Crippen LogP contribution is 2.34. The maximum absolute atomic E-state index is 13.9. The van der Waals surface area contributed by atoms with Crippen molar-refractivity contribution in [3.8, 4) is 22.0 Å². The van der Waals surface area contributed by atoms with E-state index >= 15 is 0 Å². The molecule has 10 amide bonds. The van der Waals surface area contributed by atoms with Crippen molar-refractivity contribution < 1.29 is 71.8 Å². The van der Waals surface area contributed by atoms with Crippen molar-refractivity contribution in [3.63, 3.8) is 0 Å². The van der Waals surface area contributed by atoms with Crippen molar-refractivity contribution in [3.05, 3.63) is 159 Å². The number of amides is 10. The lowest BCUT2D eigenvalue weighted by atomic mass is 10.1. The average Bonchev–Trinajstić information content (AvgIpc) is 2.00. The molecule has 0 saturated heterocycles. The molecule has 87 heavy (non-hydrogen) atoms. The molecule has 6 aromatic heterocycles. The molecule has 4 atom stereocenters.